The first kappa shape index (κ1) is 36.0. The molecule has 0 unspecified atom stereocenters. The molecule has 8 bridgehead atoms. The van der Waals surface area contributed by atoms with Crippen molar-refractivity contribution in [1.82, 2.24) is 19.4 Å². The smallest absolute Gasteiger partial charge is 0.354 e. The summed E-state index contributed by atoms with van der Waals surface area (Å²) in [5, 5.41) is 13.4. The first-order chi connectivity index (χ1) is 23.0. The van der Waals surface area contributed by atoms with Crippen LogP contribution in [0, 0.1) is 6.92 Å². The minimum atomic E-state index is -0.394. The fourth-order valence-electron chi connectivity index (χ4n) is 5.83. The molecule has 12 heteroatoms. The molecule has 2 aromatic heterocycles. The van der Waals surface area contributed by atoms with E-state index in [4.69, 9.17) is 37.8 Å². The topological polar surface area (TPSA) is 73.9 Å². The standard InChI is InChI=1S/C36H41Cl2N5O3S2/c1-22-15-27-19-33(30(22)16-23(2)37)46-13-8-9-28-29-10-11-32(38)31(34(29)41(4)35(28)36(44)45-7)17-24(3)42(5)39-12-14-47-20-25-18-26(21-48-27)43(6)40-25/h10-12,15-19H,8-9,13-14,20-21H2,1-7H3/b23-16+,24-17+,39-12+. The molecule has 48 heavy (non-hydrogen) atoms. The maximum Gasteiger partial charge on any atom is 0.354 e. The summed E-state index contributed by atoms with van der Waals surface area (Å²) < 4.78 is 15.6. The molecule has 0 fully saturated rings. The number of hydrazone groups is 1. The molecule has 1 aliphatic rings. The maximum absolute atomic E-state index is 13.2. The van der Waals surface area contributed by atoms with Crippen molar-refractivity contribution in [3.8, 4) is 5.75 Å². The molecule has 2 aromatic carbocycles. The number of aryl methyl sites for hydroxylation is 4. The van der Waals surface area contributed by atoms with E-state index >= 15 is 0 Å². The average molecular weight is 727 g/mol. The molecule has 0 radical (unpaired) electrons. The van der Waals surface area contributed by atoms with Crippen molar-refractivity contribution in [2.24, 2.45) is 19.2 Å². The zero-order valence-electron chi connectivity index (χ0n) is 28.4. The second kappa shape index (κ2) is 15.9. The van der Waals surface area contributed by atoms with Crippen LogP contribution in [0.15, 0.2) is 51.1 Å². The third-order valence-corrected chi connectivity index (χ3v) is 10.6. The Labute approximate surface area is 301 Å². The first-order valence-electron chi connectivity index (χ1n) is 15.6. The van der Waals surface area contributed by atoms with E-state index in [-0.39, 0.29) is 0 Å². The highest BCUT2D eigenvalue weighted by atomic mass is 35.5. The largest absolute Gasteiger partial charge is 0.493 e. The van der Waals surface area contributed by atoms with Crippen LogP contribution in [0.3, 0.4) is 0 Å². The molecule has 3 heterocycles. The number of halogens is 2. The highest BCUT2D eigenvalue weighted by Crippen LogP contribution is 2.36. The fraction of sp³-hybridized carbons (Fsp3) is 0.361. The summed E-state index contributed by atoms with van der Waals surface area (Å²) in [7, 11) is 7.20. The zero-order valence-corrected chi connectivity index (χ0v) is 31.5. The number of methoxy groups -OCH3 is 1. The van der Waals surface area contributed by atoms with Gasteiger partial charge in [0.05, 0.1) is 24.9 Å². The van der Waals surface area contributed by atoms with Gasteiger partial charge < -0.3 is 14.0 Å². The number of fused-ring (bicyclic) bond motifs is 4. The summed E-state index contributed by atoms with van der Waals surface area (Å²) in [6.45, 7) is 6.38. The maximum atomic E-state index is 13.2. The Balaban J connectivity index is 1.56. The number of carbonyl (C=O) groups is 1. The van der Waals surface area contributed by atoms with Gasteiger partial charge >= 0.3 is 5.97 Å². The predicted octanol–water partition coefficient (Wildman–Crippen LogP) is 9.09. The Hall–Kier alpha value is -3.31. The van der Waals surface area contributed by atoms with Gasteiger partial charge in [-0.05, 0) is 81.2 Å². The summed E-state index contributed by atoms with van der Waals surface area (Å²) in [6, 6.07) is 10.3. The number of benzene rings is 2. The number of nitrogens with zero attached hydrogens (tertiary/aromatic N) is 5. The van der Waals surface area contributed by atoms with Gasteiger partial charge in [-0.3, -0.25) is 9.69 Å². The molecule has 0 saturated carbocycles. The van der Waals surface area contributed by atoms with Crippen LogP contribution in [-0.4, -0.2) is 58.1 Å². The van der Waals surface area contributed by atoms with Crippen LogP contribution in [0.25, 0.3) is 23.1 Å². The fourth-order valence-corrected chi connectivity index (χ4v) is 7.82. The SMILES string of the molecule is COC(=O)c1c2c3ccc(Cl)c(c3n1C)/C=C(\C)N(C)/N=C/CSCc1cc(n(C)n1)CSc1cc(C)c(/C=C(\C)Cl)c(c1)OCCC2. The minimum absolute atomic E-state index is 0.394. The number of thioether (sulfide) groups is 2. The third-order valence-electron chi connectivity index (χ3n) is 8.29. The molecule has 0 saturated heterocycles. The van der Waals surface area contributed by atoms with E-state index in [9.17, 15) is 4.79 Å². The van der Waals surface area contributed by atoms with Gasteiger partial charge in [0.15, 0.2) is 0 Å². The van der Waals surface area contributed by atoms with Crippen molar-refractivity contribution in [2.75, 3.05) is 26.5 Å². The first-order valence-corrected chi connectivity index (χ1v) is 18.5. The second-order valence-corrected chi connectivity index (χ2v) is 14.8. The second-order valence-electron chi connectivity index (χ2n) is 11.7. The highest BCUT2D eigenvalue weighted by molar-refractivity contribution is 7.99. The molecule has 5 rings (SSSR count). The number of esters is 1. The van der Waals surface area contributed by atoms with E-state index in [2.05, 4.69) is 30.2 Å². The molecule has 4 aromatic rings. The monoisotopic (exact) mass is 725 g/mol. The molecule has 8 nitrogen and oxygen atoms in total. The zero-order chi connectivity index (χ0) is 34.5. The van der Waals surface area contributed by atoms with Gasteiger partial charge in [-0.25, -0.2) is 4.79 Å². The van der Waals surface area contributed by atoms with E-state index < -0.39 is 5.97 Å². The van der Waals surface area contributed by atoms with Crippen LogP contribution in [0.5, 0.6) is 5.75 Å². The van der Waals surface area contributed by atoms with E-state index in [1.807, 2.05) is 79.7 Å². The van der Waals surface area contributed by atoms with Crippen molar-refractivity contribution in [3.63, 3.8) is 0 Å². The summed E-state index contributed by atoms with van der Waals surface area (Å²) in [6.07, 6.45) is 7.14. The number of aromatic nitrogens is 3. The molecule has 0 N–H and O–H groups in total. The van der Waals surface area contributed by atoms with Crippen molar-refractivity contribution in [1.29, 1.82) is 0 Å². The lowest BCUT2D eigenvalue weighted by Gasteiger charge is -2.15. The normalized spacial score (nSPS) is 17.1. The number of hydrogen-bond donors (Lipinski definition) is 0. The number of rotatable bonds is 2. The van der Waals surface area contributed by atoms with Gasteiger partial charge in [-0.15, -0.1) is 23.5 Å². The van der Waals surface area contributed by atoms with E-state index in [0.29, 0.717) is 35.2 Å². The van der Waals surface area contributed by atoms with Crippen molar-refractivity contribution in [3.05, 3.63) is 85.4 Å². The van der Waals surface area contributed by atoms with Gasteiger partial charge in [0, 0.05) is 87.5 Å². The molecule has 1 aliphatic heterocycles. The molecular weight excluding hydrogens is 685 g/mol. The lowest BCUT2D eigenvalue weighted by molar-refractivity contribution is 0.0589. The molecule has 254 valence electrons. The van der Waals surface area contributed by atoms with Gasteiger partial charge in [0.1, 0.15) is 11.4 Å². The Morgan fingerprint density at radius 2 is 1.92 bits per heavy atom. The van der Waals surface area contributed by atoms with Gasteiger partial charge in [0.2, 0.25) is 0 Å². The Kier molecular flexibility index (Phi) is 11.9. The van der Waals surface area contributed by atoms with Crippen LogP contribution in [0.1, 0.15) is 64.4 Å². The molecule has 0 spiro atoms. The summed E-state index contributed by atoms with van der Waals surface area (Å²) >= 11 is 16.7. The molecule has 0 aliphatic carbocycles. The summed E-state index contributed by atoms with van der Waals surface area (Å²) in [5.41, 5.74) is 8.22. The molecule has 0 atom stereocenters. The van der Waals surface area contributed by atoms with E-state index in [0.717, 1.165) is 78.1 Å². The Morgan fingerprint density at radius 1 is 1.12 bits per heavy atom. The van der Waals surface area contributed by atoms with Gasteiger partial charge in [-0.2, -0.15) is 10.2 Å². The van der Waals surface area contributed by atoms with Crippen LogP contribution < -0.4 is 4.74 Å². The Morgan fingerprint density at radius 3 is 2.67 bits per heavy atom. The highest BCUT2D eigenvalue weighted by Gasteiger charge is 2.24. The quantitative estimate of drug-likeness (QED) is 0.191. The third kappa shape index (κ3) is 8.10. The minimum Gasteiger partial charge on any atom is -0.493 e. The van der Waals surface area contributed by atoms with Crippen LogP contribution in [0.4, 0.5) is 0 Å². The summed E-state index contributed by atoms with van der Waals surface area (Å²) in [4.78, 5) is 14.3. The van der Waals surface area contributed by atoms with Crippen molar-refractivity contribution >= 4 is 82.0 Å². The van der Waals surface area contributed by atoms with Crippen LogP contribution in [0.2, 0.25) is 5.02 Å². The lowest BCUT2D eigenvalue weighted by atomic mass is 10.0. The number of hydrogen-bond acceptors (Lipinski definition) is 8. The van der Waals surface area contributed by atoms with Crippen LogP contribution in [-0.2, 0) is 36.8 Å². The molecule has 0 amide bonds. The average Bonchev–Trinajstić information content (AvgIpc) is 3.54. The lowest BCUT2D eigenvalue weighted by Crippen LogP contribution is -2.11. The number of allylic oxidation sites excluding steroid dienone is 2. The van der Waals surface area contributed by atoms with Crippen LogP contribution >= 0.6 is 46.7 Å². The van der Waals surface area contributed by atoms with E-state index in [1.165, 1.54) is 7.11 Å². The molecular formula is C36H41Cl2N5O3S2. The van der Waals surface area contributed by atoms with Crippen molar-refractivity contribution in [2.45, 2.75) is 50.0 Å². The van der Waals surface area contributed by atoms with Gasteiger partial charge in [0.25, 0.3) is 0 Å². The number of carbonyl (C=O) groups excluding carboxylic acids is 1. The van der Waals surface area contributed by atoms with Crippen molar-refractivity contribution < 1.29 is 14.3 Å². The number of ether oxygens (including phenoxy) is 2. The summed E-state index contributed by atoms with van der Waals surface area (Å²) in [5.74, 6) is 2.69. The van der Waals surface area contributed by atoms with Gasteiger partial charge in [-0.1, -0.05) is 29.3 Å². The Bertz CT molecular complexity index is 1920. The van der Waals surface area contributed by atoms with E-state index in [1.54, 1.807) is 23.5 Å². The predicted molar refractivity (Wildman–Crippen MR) is 203 cm³/mol.